The lowest BCUT2D eigenvalue weighted by Gasteiger charge is -2.31. The van der Waals surface area contributed by atoms with Crippen molar-refractivity contribution in [3.05, 3.63) is 51.7 Å². The van der Waals surface area contributed by atoms with E-state index in [1.165, 1.54) is 5.56 Å². The molecule has 0 spiro atoms. The third kappa shape index (κ3) is 4.43. The summed E-state index contributed by atoms with van der Waals surface area (Å²) in [5.41, 5.74) is 5.28. The van der Waals surface area contributed by atoms with E-state index in [4.69, 9.17) is 14.2 Å². The predicted octanol–water partition coefficient (Wildman–Crippen LogP) is 2.95. The molecule has 170 valence electrons. The predicted molar refractivity (Wildman–Crippen MR) is 125 cm³/mol. The first-order valence-electron chi connectivity index (χ1n) is 11.0. The first kappa shape index (κ1) is 22.5. The number of methoxy groups -OCH3 is 2. The lowest BCUT2D eigenvalue weighted by Crippen LogP contribution is -2.42. The fourth-order valence-electron chi connectivity index (χ4n) is 4.43. The topological polar surface area (TPSA) is 60.9 Å². The molecule has 6 nitrogen and oxygen atoms in total. The van der Waals surface area contributed by atoms with Crippen LogP contribution in [-0.4, -0.2) is 54.6 Å². The smallest absolute Gasteiger partial charge is 0.410 e. The minimum Gasteiger partial charge on any atom is -0.444 e. The van der Waals surface area contributed by atoms with Gasteiger partial charge in [-0.15, -0.1) is 0 Å². The van der Waals surface area contributed by atoms with Crippen LogP contribution in [0, 0.1) is 6.92 Å². The number of ether oxygens (including phenoxy) is 3. The first-order chi connectivity index (χ1) is 15.2. The number of pyridine rings is 1. The molecular weight excluding hydrogens is 404 g/mol. The Bertz CT molecular complexity index is 1150. The lowest BCUT2D eigenvalue weighted by molar-refractivity contribution is 0.0224. The van der Waals surface area contributed by atoms with Gasteiger partial charge < -0.3 is 19.1 Å². The summed E-state index contributed by atoms with van der Waals surface area (Å²) >= 11 is 0. The molecule has 32 heavy (non-hydrogen) atoms. The van der Waals surface area contributed by atoms with Crippen LogP contribution in [0.3, 0.4) is 0 Å². The van der Waals surface area contributed by atoms with Crippen LogP contribution < -0.4 is 10.6 Å². The molecule has 6 heteroatoms. The van der Waals surface area contributed by atoms with Crippen LogP contribution in [0.25, 0.3) is 23.3 Å². The number of rotatable bonds is 3. The average molecular weight is 437 g/mol. The molecule has 0 N–H and O–H groups in total. The van der Waals surface area contributed by atoms with Gasteiger partial charge in [0.15, 0.2) is 0 Å². The fourth-order valence-corrected chi connectivity index (χ4v) is 4.43. The van der Waals surface area contributed by atoms with Gasteiger partial charge in [-0.2, -0.15) is 0 Å². The van der Waals surface area contributed by atoms with Crippen LogP contribution in [0.4, 0.5) is 4.79 Å². The van der Waals surface area contributed by atoms with Crippen LogP contribution in [-0.2, 0) is 27.2 Å². The van der Waals surface area contributed by atoms with Crippen molar-refractivity contribution < 1.29 is 19.0 Å². The van der Waals surface area contributed by atoms with Gasteiger partial charge in [-0.1, -0.05) is 12.1 Å². The highest BCUT2D eigenvalue weighted by Gasteiger charge is 2.26. The molecule has 1 aliphatic heterocycles. The van der Waals surface area contributed by atoms with Crippen molar-refractivity contribution in [2.45, 2.75) is 58.5 Å². The highest BCUT2D eigenvalue weighted by molar-refractivity contribution is 5.72. The number of nitrogens with zero attached hydrogens (tertiary/aromatic N) is 2. The van der Waals surface area contributed by atoms with Crippen LogP contribution >= 0.6 is 0 Å². The van der Waals surface area contributed by atoms with Crippen molar-refractivity contribution in [3.8, 4) is 11.1 Å². The molecule has 1 aliphatic carbocycles. The molecule has 1 amide bonds. The van der Waals surface area contributed by atoms with Gasteiger partial charge in [0.2, 0.25) is 0 Å². The molecule has 2 aromatic rings. The molecule has 2 heterocycles. The molecular formula is C26H32N2O4. The van der Waals surface area contributed by atoms with Crippen molar-refractivity contribution in [1.82, 2.24) is 9.88 Å². The van der Waals surface area contributed by atoms with Gasteiger partial charge in [0.05, 0.1) is 5.35 Å². The highest BCUT2D eigenvalue weighted by Crippen LogP contribution is 2.27. The number of carbonyl (C=O) groups excluding carboxylic acids is 1. The normalized spacial score (nSPS) is 20.0. The molecule has 0 radical (unpaired) electrons. The van der Waals surface area contributed by atoms with Crippen molar-refractivity contribution in [2.24, 2.45) is 0 Å². The molecule has 1 aromatic heterocycles. The number of benzene rings is 1. The third-order valence-corrected chi connectivity index (χ3v) is 6.02. The molecule has 2 aliphatic rings. The third-order valence-electron chi connectivity index (χ3n) is 6.02. The summed E-state index contributed by atoms with van der Waals surface area (Å²) in [6.45, 7) is 8.98. The van der Waals surface area contributed by atoms with Gasteiger partial charge in [0.1, 0.15) is 17.8 Å². The zero-order chi connectivity index (χ0) is 23.0. The second-order valence-corrected chi connectivity index (χ2v) is 9.48. The van der Waals surface area contributed by atoms with Gasteiger partial charge in [0, 0.05) is 38.7 Å². The molecule has 0 saturated carbocycles. The number of hydrogen-bond donors (Lipinski definition) is 0. The van der Waals surface area contributed by atoms with Crippen molar-refractivity contribution in [3.63, 3.8) is 0 Å². The Kier molecular flexibility index (Phi) is 6.10. The Morgan fingerprint density at radius 1 is 1.09 bits per heavy atom. The molecule has 0 bridgehead atoms. The van der Waals surface area contributed by atoms with E-state index >= 15 is 0 Å². The molecule has 4 rings (SSSR count). The zero-order valence-electron chi connectivity index (χ0n) is 19.8. The Hall–Kier alpha value is -2.70. The Balaban J connectivity index is 1.74. The van der Waals surface area contributed by atoms with E-state index in [-0.39, 0.29) is 18.3 Å². The van der Waals surface area contributed by atoms with E-state index in [0.29, 0.717) is 13.1 Å². The monoisotopic (exact) mass is 436 g/mol. The van der Waals surface area contributed by atoms with Crippen molar-refractivity contribution in [2.75, 3.05) is 20.8 Å². The Morgan fingerprint density at radius 2 is 1.81 bits per heavy atom. The summed E-state index contributed by atoms with van der Waals surface area (Å²) < 4.78 is 16.8. The van der Waals surface area contributed by atoms with Crippen molar-refractivity contribution in [1.29, 1.82) is 0 Å². The largest absolute Gasteiger partial charge is 0.444 e. The van der Waals surface area contributed by atoms with Crippen LogP contribution in [0.5, 0.6) is 0 Å². The average Bonchev–Trinajstić information content (AvgIpc) is 2.76. The standard InChI is InChI=1S/C26H32N2O4/c1-16-14-27-21-13-23(31-6)22(30-5)12-20(21)24(16)18-8-7-17-9-10-28(15-19(17)11-18)25(29)32-26(2,3)4/h7-8,11-14,22-23H,9-10,15H2,1-6H3. The molecule has 0 saturated heterocycles. The van der Waals surface area contributed by atoms with Crippen LogP contribution in [0.2, 0.25) is 0 Å². The molecule has 0 fully saturated rings. The summed E-state index contributed by atoms with van der Waals surface area (Å²) in [5, 5.41) is 1.96. The minimum atomic E-state index is -0.503. The second-order valence-electron chi connectivity index (χ2n) is 9.48. The van der Waals surface area contributed by atoms with Gasteiger partial charge in [-0.05, 0) is 80.2 Å². The molecule has 2 unspecified atom stereocenters. The van der Waals surface area contributed by atoms with Crippen LogP contribution in [0.1, 0.15) is 37.5 Å². The summed E-state index contributed by atoms with van der Waals surface area (Å²) in [4.78, 5) is 19.0. The maximum Gasteiger partial charge on any atom is 0.410 e. The Labute approximate surface area is 189 Å². The van der Waals surface area contributed by atoms with E-state index in [2.05, 4.69) is 36.2 Å². The summed E-state index contributed by atoms with van der Waals surface area (Å²) in [7, 11) is 3.38. The quantitative estimate of drug-likeness (QED) is 0.740. The number of amides is 1. The number of hydrogen-bond acceptors (Lipinski definition) is 5. The van der Waals surface area contributed by atoms with E-state index in [1.807, 2.05) is 33.0 Å². The van der Waals surface area contributed by atoms with E-state index in [1.54, 1.807) is 19.1 Å². The highest BCUT2D eigenvalue weighted by atomic mass is 16.6. The van der Waals surface area contributed by atoms with E-state index in [9.17, 15) is 4.79 Å². The first-order valence-corrected chi connectivity index (χ1v) is 11.0. The summed E-state index contributed by atoms with van der Waals surface area (Å²) in [6.07, 6.45) is 6.26. The zero-order valence-corrected chi connectivity index (χ0v) is 19.8. The van der Waals surface area contributed by atoms with Gasteiger partial charge in [-0.25, -0.2) is 4.79 Å². The van der Waals surface area contributed by atoms with Gasteiger partial charge in [0.25, 0.3) is 0 Å². The van der Waals surface area contributed by atoms with E-state index < -0.39 is 5.60 Å². The summed E-state index contributed by atoms with van der Waals surface area (Å²) in [6, 6.07) is 6.55. The number of aromatic nitrogens is 1. The fraction of sp³-hybridized carbons (Fsp3) is 0.462. The molecule has 2 atom stereocenters. The minimum absolute atomic E-state index is 0.165. The number of carbonyl (C=O) groups is 1. The van der Waals surface area contributed by atoms with Gasteiger partial charge >= 0.3 is 6.09 Å². The van der Waals surface area contributed by atoms with Crippen molar-refractivity contribution >= 4 is 18.2 Å². The van der Waals surface area contributed by atoms with E-state index in [0.717, 1.165) is 39.2 Å². The number of aryl methyl sites for hydroxylation is 1. The maximum atomic E-state index is 12.6. The van der Waals surface area contributed by atoms with Crippen LogP contribution in [0.15, 0.2) is 24.4 Å². The van der Waals surface area contributed by atoms with Gasteiger partial charge in [-0.3, -0.25) is 4.98 Å². The molecule has 1 aromatic carbocycles. The maximum absolute atomic E-state index is 12.6. The SMILES string of the molecule is COC1C=c2ncc(C)c(-c3ccc4c(c3)CN(C(=O)OC(C)(C)C)CC4)c2=CC1OC. The summed E-state index contributed by atoms with van der Waals surface area (Å²) in [5.74, 6) is 0. The Morgan fingerprint density at radius 3 is 2.50 bits per heavy atom. The second kappa shape index (κ2) is 8.68. The number of fused-ring (bicyclic) bond motifs is 2. The lowest BCUT2D eigenvalue weighted by atomic mass is 9.91.